The first-order valence-corrected chi connectivity index (χ1v) is 16.2. The van der Waals surface area contributed by atoms with E-state index in [1.54, 1.807) is 24.3 Å². The van der Waals surface area contributed by atoms with Gasteiger partial charge in [0.05, 0.1) is 28.8 Å². The summed E-state index contributed by atoms with van der Waals surface area (Å²) >= 11 is 0. The van der Waals surface area contributed by atoms with E-state index in [0.717, 1.165) is 5.56 Å². The van der Waals surface area contributed by atoms with E-state index in [4.69, 9.17) is 14.6 Å². The lowest BCUT2D eigenvalue weighted by Gasteiger charge is -2.38. The highest BCUT2D eigenvalue weighted by molar-refractivity contribution is 7.89. The molecule has 0 amide bonds. The first-order chi connectivity index (χ1) is 19.4. The molecular formula is C27H34N4O8S2. The molecule has 2 atom stereocenters. The number of hydrogen-bond donors (Lipinski definition) is 4. The number of aromatic nitrogens is 1. The summed E-state index contributed by atoms with van der Waals surface area (Å²) in [4.78, 5) is 3.99. The molecule has 3 aromatic rings. The Balaban J connectivity index is 1.12. The molecule has 2 fully saturated rings. The van der Waals surface area contributed by atoms with E-state index in [9.17, 15) is 27.0 Å². The zero-order valence-electron chi connectivity index (χ0n) is 22.6. The van der Waals surface area contributed by atoms with Gasteiger partial charge in [0, 0.05) is 37.1 Å². The van der Waals surface area contributed by atoms with E-state index in [-0.39, 0.29) is 53.6 Å². The molecule has 1 spiro atoms. The van der Waals surface area contributed by atoms with Gasteiger partial charge in [-0.1, -0.05) is 12.1 Å². The van der Waals surface area contributed by atoms with Crippen molar-refractivity contribution in [3.05, 3.63) is 54.2 Å². The Bertz CT molecular complexity index is 1640. The number of nitrogens with one attached hydrogen (secondary N) is 1. The quantitative estimate of drug-likeness (QED) is 0.277. The number of aromatic hydroxyl groups is 1. The Labute approximate surface area is 239 Å². The van der Waals surface area contributed by atoms with Gasteiger partial charge in [-0.05, 0) is 56.0 Å². The van der Waals surface area contributed by atoms with E-state index in [1.807, 2.05) is 6.92 Å². The number of primary sulfonamides is 1. The van der Waals surface area contributed by atoms with Crippen molar-refractivity contribution >= 4 is 30.9 Å². The molecule has 2 aliphatic rings. The monoisotopic (exact) mass is 606 g/mol. The van der Waals surface area contributed by atoms with Crippen LogP contribution in [-0.2, 0) is 24.8 Å². The van der Waals surface area contributed by atoms with E-state index < -0.39 is 31.8 Å². The molecule has 2 aliphatic heterocycles. The predicted octanol–water partition coefficient (Wildman–Crippen LogP) is 1.24. The molecule has 0 radical (unpaired) electrons. The molecule has 41 heavy (non-hydrogen) atoms. The van der Waals surface area contributed by atoms with Crippen molar-refractivity contribution in [2.75, 3.05) is 32.8 Å². The Morgan fingerprint density at radius 3 is 2.68 bits per heavy atom. The van der Waals surface area contributed by atoms with Crippen LogP contribution in [0.5, 0.6) is 11.5 Å². The molecule has 5 rings (SSSR count). The Morgan fingerprint density at radius 2 is 1.95 bits per heavy atom. The SMILES string of the molecule is Cc1ccc2c(O)c(S(=O)(=O)N3CCC4(CC3)CC(NCC(O)COc3cccc(S(N)(=O)=O)c3)CO4)cnc2c1. The van der Waals surface area contributed by atoms with Crippen molar-refractivity contribution in [1.29, 1.82) is 0 Å². The fourth-order valence-electron chi connectivity index (χ4n) is 5.35. The molecule has 14 heteroatoms. The van der Waals surface area contributed by atoms with Gasteiger partial charge in [0.1, 0.15) is 29.1 Å². The van der Waals surface area contributed by atoms with Gasteiger partial charge in [-0.3, -0.25) is 4.98 Å². The number of aliphatic hydroxyl groups is 1. The van der Waals surface area contributed by atoms with Crippen LogP contribution in [0.15, 0.2) is 58.5 Å². The molecule has 2 unspecified atom stereocenters. The molecule has 0 bridgehead atoms. The number of aryl methyl sites for hydroxylation is 1. The van der Waals surface area contributed by atoms with Crippen molar-refractivity contribution < 1.29 is 36.5 Å². The molecule has 0 saturated carbocycles. The first-order valence-electron chi connectivity index (χ1n) is 13.3. The fourth-order valence-corrected chi connectivity index (χ4v) is 7.38. The van der Waals surface area contributed by atoms with Crippen LogP contribution >= 0.6 is 0 Å². The highest BCUT2D eigenvalue weighted by Gasteiger charge is 2.45. The molecule has 5 N–H and O–H groups in total. The molecule has 222 valence electrons. The lowest BCUT2D eigenvalue weighted by atomic mass is 9.88. The van der Waals surface area contributed by atoms with Gasteiger partial charge < -0.3 is 25.0 Å². The van der Waals surface area contributed by atoms with E-state index in [2.05, 4.69) is 10.3 Å². The van der Waals surface area contributed by atoms with Crippen molar-refractivity contribution in [2.45, 2.75) is 53.7 Å². The summed E-state index contributed by atoms with van der Waals surface area (Å²) in [6.07, 6.45) is 2.01. The van der Waals surface area contributed by atoms with Gasteiger partial charge in [0.2, 0.25) is 20.0 Å². The van der Waals surface area contributed by atoms with Crippen LogP contribution in [0.4, 0.5) is 0 Å². The summed E-state index contributed by atoms with van der Waals surface area (Å²) in [5, 5.41) is 29.9. The minimum Gasteiger partial charge on any atom is -0.506 e. The van der Waals surface area contributed by atoms with Crippen molar-refractivity contribution in [3.8, 4) is 11.5 Å². The third-order valence-electron chi connectivity index (χ3n) is 7.64. The second kappa shape index (κ2) is 11.4. The van der Waals surface area contributed by atoms with E-state index in [1.165, 1.54) is 28.7 Å². The van der Waals surface area contributed by atoms with Crippen LogP contribution in [0.3, 0.4) is 0 Å². The summed E-state index contributed by atoms with van der Waals surface area (Å²) in [5.41, 5.74) is 1.02. The Morgan fingerprint density at radius 1 is 1.20 bits per heavy atom. The number of nitrogens with two attached hydrogens (primary N) is 1. The average molecular weight is 607 g/mol. The smallest absolute Gasteiger partial charge is 0.248 e. The second-order valence-corrected chi connectivity index (χ2v) is 14.2. The molecule has 3 heterocycles. The minimum atomic E-state index is -3.95. The number of benzene rings is 2. The van der Waals surface area contributed by atoms with Crippen molar-refractivity contribution in [3.63, 3.8) is 0 Å². The zero-order chi connectivity index (χ0) is 29.4. The normalized spacial score (nSPS) is 20.4. The summed E-state index contributed by atoms with van der Waals surface area (Å²) < 4.78 is 62.8. The number of ether oxygens (including phenoxy) is 2. The predicted molar refractivity (Wildman–Crippen MR) is 151 cm³/mol. The van der Waals surface area contributed by atoms with Crippen LogP contribution < -0.4 is 15.2 Å². The number of piperidine rings is 1. The van der Waals surface area contributed by atoms with Gasteiger partial charge in [0.15, 0.2) is 0 Å². The highest BCUT2D eigenvalue weighted by Crippen LogP contribution is 2.39. The molecule has 2 aromatic carbocycles. The number of fused-ring (bicyclic) bond motifs is 1. The molecule has 2 saturated heterocycles. The molecular weight excluding hydrogens is 572 g/mol. The van der Waals surface area contributed by atoms with Gasteiger partial charge in [-0.15, -0.1) is 0 Å². The van der Waals surface area contributed by atoms with Crippen molar-refractivity contribution in [1.82, 2.24) is 14.6 Å². The van der Waals surface area contributed by atoms with E-state index >= 15 is 0 Å². The van der Waals surface area contributed by atoms with Crippen LogP contribution in [-0.4, -0.2) is 86.9 Å². The topological polar surface area (TPSA) is 181 Å². The first kappa shape index (κ1) is 29.6. The maximum absolute atomic E-state index is 13.4. The van der Waals surface area contributed by atoms with Gasteiger partial charge >= 0.3 is 0 Å². The minimum absolute atomic E-state index is 0.0318. The molecule has 12 nitrogen and oxygen atoms in total. The largest absolute Gasteiger partial charge is 0.506 e. The summed E-state index contributed by atoms with van der Waals surface area (Å²) in [7, 11) is -7.81. The number of sulfonamides is 2. The summed E-state index contributed by atoms with van der Waals surface area (Å²) in [5.74, 6) is -0.0142. The second-order valence-electron chi connectivity index (χ2n) is 10.7. The summed E-state index contributed by atoms with van der Waals surface area (Å²) in [6, 6.07) is 11.0. The van der Waals surface area contributed by atoms with Crippen LogP contribution in [0.25, 0.3) is 10.9 Å². The standard InChI is InChI=1S/C27H34N4O8S2/c1-18-5-6-23-24(11-18)30-15-25(26(23)33)41(36,37)31-9-7-27(8-10-31)13-19(16-39-27)29-14-20(32)17-38-21-3-2-4-22(12-21)40(28,34)35/h2-6,11-12,15,19-20,29,32H,7-10,13-14,16-17H2,1H3,(H,30,33)(H2,28,34,35). The third kappa shape index (κ3) is 6.48. The van der Waals surface area contributed by atoms with E-state index in [0.29, 0.717) is 36.8 Å². The van der Waals surface area contributed by atoms with Crippen LogP contribution in [0.2, 0.25) is 0 Å². The molecule has 1 aromatic heterocycles. The number of aliphatic hydroxyl groups excluding tert-OH is 1. The van der Waals surface area contributed by atoms with Crippen LogP contribution in [0, 0.1) is 6.92 Å². The molecule has 0 aliphatic carbocycles. The van der Waals surface area contributed by atoms with Crippen molar-refractivity contribution in [2.24, 2.45) is 5.14 Å². The maximum atomic E-state index is 13.4. The van der Waals surface area contributed by atoms with Gasteiger partial charge in [-0.25, -0.2) is 22.0 Å². The lowest BCUT2D eigenvalue weighted by Crippen LogP contribution is -2.47. The lowest BCUT2D eigenvalue weighted by molar-refractivity contribution is -0.0312. The zero-order valence-corrected chi connectivity index (χ0v) is 24.2. The summed E-state index contributed by atoms with van der Waals surface area (Å²) in [6.45, 7) is 2.99. The number of rotatable bonds is 9. The fraction of sp³-hybridized carbons (Fsp3) is 0.444. The van der Waals surface area contributed by atoms with Gasteiger partial charge in [0.25, 0.3) is 0 Å². The van der Waals surface area contributed by atoms with Gasteiger partial charge in [-0.2, -0.15) is 4.31 Å². The third-order valence-corrected chi connectivity index (χ3v) is 10.5. The number of pyridine rings is 1. The Hall–Kier alpha value is -2.85. The maximum Gasteiger partial charge on any atom is 0.248 e. The number of nitrogens with zero attached hydrogens (tertiary/aromatic N) is 2. The number of hydrogen-bond acceptors (Lipinski definition) is 10. The Kier molecular flexibility index (Phi) is 8.27. The average Bonchev–Trinajstić information content (AvgIpc) is 3.32. The van der Waals surface area contributed by atoms with Crippen LogP contribution in [0.1, 0.15) is 24.8 Å². The highest BCUT2D eigenvalue weighted by atomic mass is 32.2.